The molecule has 116 valence electrons. The summed E-state index contributed by atoms with van der Waals surface area (Å²) in [5.74, 6) is 0. The molecule has 0 fully saturated rings. The molecule has 10 heteroatoms. The average molecular weight is 371 g/mol. The first kappa shape index (κ1) is 17.4. The van der Waals surface area contributed by atoms with E-state index in [1.807, 2.05) is 0 Å². The molecular formula is C12H11BrN4O5. The third-order valence-corrected chi connectivity index (χ3v) is 3.16. The van der Waals surface area contributed by atoms with Crippen molar-refractivity contribution in [1.29, 1.82) is 0 Å². The molecule has 22 heavy (non-hydrogen) atoms. The molecule has 0 bridgehead atoms. The van der Waals surface area contributed by atoms with Crippen molar-refractivity contribution in [2.45, 2.75) is 13.8 Å². The third-order valence-electron chi connectivity index (χ3n) is 2.58. The smallest absolute Gasteiger partial charge is 0.323 e. The molecule has 0 aliphatic heterocycles. The van der Waals surface area contributed by atoms with E-state index >= 15 is 0 Å². The number of hydrogen-bond acceptors (Lipinski definition) is 6. The summed E-state index contributed by atoms with van der Waals surface area (Å²) in [7, 11) is 0. The Kier molecular flexibility index (Phi) is 5.87. The molecule has 0 atom stereocenters. The average Bonchev–Trinajstić information content (AvgIpc) is 2.38. The van der Waals surface area contributed by atoms with Crippen LogP contribution in [0.15, 0.2) is 33.9 Å². The summed E-state index contributed by atoms with van der Waals surface area (Å²) in [6, 6.07) is 3.09. The van der Waals surface area contributed by atoms with Crippen LogP contribution in [-0.2, 0) is 0 Å². The topological polar surface area (TPSA) is 132 Å². The third kappa shape index (κ3) is 4.19. The Morgan fingerprint density at radius 2 is 1.64 bits per heavy atom. The molecule has 0 aromatic carbocycles. The molecule has 1 N–H and O–H groups in total. The molecule has 0 aliphatic carbocycles. The predicted octanol–water partition coefficient (Wildman–Crippen LogP) is 2.65. The number of hydrogen-bond donors (Lipinski definition) is 1. The highest BCUT2D eigenvalue weighted by Crippen LogP contribution is 2.24. The fourth-order valence-electron chi connectivity index (χ4n) is 1.53. The van der Waals surface area contributed by atoms with Crippen molar-refractivity contribution in [2.24, 2.45) is 0 Å². The molecule has 2 aromatic rings. The molecule has 0 spiro atoms. The molecule has 0 unspecified atom stereocenters. The van der Waals surface area contributed by atoms with E-state index in [1.165, 1.54) is 25.4 Å². The largest absolute Gasteiger partial charge is 0.336 e. The Morgan fingerprint density at radius 3 is 2.00 bits per heavy atom. The van der Waals surface area contributed by atoms with Gasteiger partial charge in [-0.3, -0.25) is 25.0 Å². The van der Waals surface area contributed by atoms with Crippen molar-refractivity contribution >= 4 is 27.3 Å². The summed E-state index contributed by atoms with van der Waals surface area (Å²) in [4.78, 5) is 36.2. The van der Waals surface area contributed by atoms with Crippen molar-refractivity contribution in [3.05, 3.63) is 70.8 Å². The molecule has 0 saturated heterocycles. The molecule has 0 radical (unpaired) electrons. The maximum Gasteiger partial charge on any atom is 0.336 e. The second kappa shape index (κ2) is 7.41. The standard InChI is InChI=1S/C6H5BrN2O2.C6H6N2O3/c1-4-2-3-8-6(7)5(4)9(10)11;1-4-2-3-7-6(9)5(4)8(10)11/h2-3H,1H3;2-3H,1H3,(H,7,9). The lowest BCUT2D eigenvalue weighted by Crippen LogP contribution is -2.11. The Hall–Kier alpha value is -2.62. The molecule has 9 nitrogen and oxygen atoms in total. The van der Waals surface area contributed by atoms with Gasteiger partial charge in [-0.15, -0.1) is 0 Å². The first-order valence-electron chi connectivity index (χ1n) is 5.84. The number of H-pyrrole nitrogens is 1. The van der Waals surface area contributed by atoms with E-state index in [0.717, 1.165) is 0 Å². The van der Waals surface area contributed by atoms with Crippen molar-refractivity contribution < 1.29 is 9.85 Å². The van der Waals surface area contributed by atoms with Crippen molar-refractivity contribution in [2.75, 3.05) is 0 Å². The highest BCUT2D eigenvalue weighted by atomic mass is 79.9. The first-order chi connectivity index (χ1) is 10.3. The molecule has 0 saturated carbocycles. The van der Waals surface area contributed by atoms with E-state index < -0.39 is 15.4 Å². The van der Waals surface area contributed by atoms with Gasteiger partial charge >= 0.3 is 16.9 Å². The number of nitro groups is 2. The molecule has 2 aromatic heterocycles. The van der Waals surface area contributed by atoms with Crippen molar-refractivity contribution in [3.8, 4) is 0 Å². The lowest BCUT2D eigenvalue weighted by atomic mass is 10.2. The Labute approximate surface area is 132 Å². The van der Waals surface area contributed by atoms with Gasteiger partial charge in [-0.2, -0.15) is 0 Å². The Bertz CT molecular complexity index is 754. The van der Waals surface area contributed by atoms with Gasteiger partial charge in [0.2, 0.25) is 0 Å². The first-order valence-corrected chi connectivity index (χ1v) is 6.63. The second-order valence-electron chi connectivity index (χ2n) is 4.12. The summed E-state index contributed by atoms with van der Waals surface area (Å²) in [6.45, 7) is 3.19. The quantitative estimate of drug-likeness (QED) is 0.490. The van der Waals surface area contributed by atoms with Crippen LogP contribution >= 0.6 is 15.9 Å². The second-order valence-corrected chi connectivity index (χ2v) is 4.87. The van der Waals surface area contributed by atoms with Crippen molar-refractivity contribution in [3.63, 3.8) is 0 Å². The van der Waals surface area contributed by atoms with Gasteiger partial charge in [0.15, 0.2) is 4.60 Å². The number of rotatable bonds is 2. The van der Waals surface area contributed by atoms with Gasteiger partial charge in [0, 0.05) is 23.5 Å². The minimum Gasteiger partial charge on any atom is -0.323 e. The van der Waals surface area contributed by atoms with Crippen LogP contribution in [0.1, 0.15) is 11.1 Å². The number of pyridine rings is 2. The summed E-state index contributed by atoms with van der Waals surface area (Å²) < 4.78 is 0.280. The fraction of sp³-hybridized carbons (Fsp3) is 0.167. The Morgan fingerprint density at radius 1 is 1.09 bits per heavy atom. The Balaban J connectivity index is 0.000000220. The molecule has 2 heterocycles. The van der Waals surface area contributed by atoms with E-state index in [-0.39, 0.29) is 16.0 Å². The van der Waals surface area contributed by atoms with Crippen LogP contribution in [0, 0.1) is 34.1 Å². The zero-order valence-corrected chi connectivity index (χ0v) is 13.2. The van der Waals surface area contributed by atoms with Crippen LogP contribution < -0.4 is 5.56 Å². The van der Waals surface area contributed by atoms with Gasteiger partial charge in [0.25, 0.3) is 0 Å². The molecule has 0 amide bonds. The number of aromatic amines is 1. The highest BCUT2D eigenvalue weighted by molar-refractivity contribution is 9.10. The zero-order valence-electron chi connectivity index (χ0n) is 11.6. The van der Waals surface area contributed by atoms with Crippen LogP contribution in [0.5, 0.6) is 0 Å². The maximum absolute atomic E-state index is 10.8. The van der Waals surface area contributed by atoms with Gasteiger partial charge in [0.1, 0.15) is 0 Å². The maximum atomic E-state index is 10.8. The van der Waals surface area contributed by atoms with E-state index in [2.05, 4.69) is 25.9 Å². The van der Waals surface area contributed by atoms with Crippen LogP contribution in [0.25, 0.3) is 0 Å². The number of aromatic nitrogens is 2. The SMILES string of the molecule is Cc1cc[nH]c(=O)c1[N+](=O)[O-].Cc1ccnc(Br)c1[N+](=O)[O-]. The lowest BCUT2D eigenvalue weighted by Gasteiger charge is -1.96. The minimum absolute atomic E-state index is 0.0347. The highest BCUT2D eigenvalue weighted by Gasteiger charge is 2.15. The summed E-state index contributed by atoms with van der Waals surface area (Å²) in [5.41, 5.74) is -0.0226. The van der Waals surface area contributed by atoms with E-state index in [0.29, 0.717) is 11.1 Å². The number of nitrogens with zero attached hydrogens (tertiary/aromatic N) is 3. The van der Waals surface area contributed by atoms with Crippen LogP contribution in [0.2, 0.25) is 0 Å². The minimum atomic E-state index is -0.686. The normalized spacial score (nSPS) is 9.59. The van der Waals surface area contributed by atoms with Gasteiger partial charge in [-0.05, 0) is 41.9 Å². The number of nitrogens with one attached hydrogen (secondary N) is 1. The number of aryl methyl sites for hydroxylation is 2. The van der Waals surface area contributed by atoms with E-state index in [4.69, 9.17) is 0 Å². The van der Waals surface area contributed by atoms with E-state index in [9.17, 15) is 25.0 Å². The lowest BCUT2D eigenvalue weighted by molar-refractivity contribution is -0.386. The van der Waals surface area contributed by atoms with Crippen LogP contribution in [-0.4, -0.2) is 19.8 Å². The zero-order chi connectivity index (χ0) is 16.9. The van der Waals surface area contributed by atoms with E-state index in [1.54, 1.807) is 13.0 Å². The monoisotopic (exact) mass is 370 g/mol. The van der Waals surface area contributed by atoms with Gasteiger partial charge in [-0.25, -0.2) is 4.98 Å². The summed E-state index contributed by atoms with van der Waals surface area (Å²) in [6.07, 6.45) is 2.90. The fourth-order valence-corrected chi connectivity index (χ4v) is 2.11. The predicted molar refractivity (Wildman–Crippen MR) is 81.8 cm³/mol. The molecular weight excluding hydrogens is 360 g/mol. The summed E-state index contributed by atoms with van der Waals surface area (Å²) in [5, 5.41) is 20.6. The number of halogens is 1. The molecule has 2 rings (SSSR count). The molecule has 0 aliphatic rings. The van der Waals surface area contributed by atoms with Gasteiger partial charge < -0.3 is 4.98 Å². The summed E-state index contributed by atoms with van der Waals surface area (Å²) >= 11 is 2.99. The van der Waals surface area contributed by atoms with Crippen LogP contribution in [0.3, 0.4) is 0 Å². The van der Waals surface area contributed by atoms with Crippen molar-refractivity contribution in [1.82, 2.24) is 9.97 Å². The van der Waals surface area contributed by atoms with Crippen LogP contribution in [0.4, 0.5) is 11.4 Å². The van der Waals surface area contributed by atoms with Gasteiger partial charge in [-0.1, -0.05) is 0 Å². The van der Waals surface area contributed by atoms with Gasteiger partial charge in [0.05, 0.1) is 9.85 Å².